The number of para-hydroxylation sites is 1. The Balaban J connectivity index is 2.56. The Morgan fingerprint density at radius 1 is 1.33 bits per heavy atom. The third-order valence-corrected chi connectivity index (χ3v) is 2.23. The minimum absolute atomic E-state index is 0.218. The van der Waals surface area contributed by atoms with Gasteiger partial charge in [0.2, 0.25) is 0 Å². The molecule has 0 fully saturated rings. The highest BCUT2D eigenvalue weighted by molar-refractivity contribution is 5.39. The first-order valence-electron chi connectivity index (χ1n) is 4.97. The zero-order valence-corrected chi connectivity index (χ0v) is 8.81. The van der Waals surface area contributed by atoms with Gasteiger partial charge in [0.15, 0.2) is 0 Å². The summed E-state index contributed by atoms with van der Waals surface area (Å²) in [7, 11) is 1.66. The van der Waals surface area contributed by atoms with Gasteiger partial charge in [0.05, 0.1) is 4.92 Å². The summed E-state index contributed by atoms with van der Waals surface area (Å²) in [5.41, 5.74) is 1.02. The molecule has 0 aliphatic carbocycles. The average molecular weight is 209 g/mol. The van der Waals surface area contributed by atoms with Gasteiger partial charge in [-0.25, -0.2) is 0 Å². The second-order valence-corrected chi connectivity index (χ2v) is 3.34. The van der Waals surface area contributed by atoms with Crippen LogP contribution in [0.5, 0.6) is 0 Å². The summed E-state index contributed by atoms with van der Waals surface area (Å²) in [5, 5.41) is 10.7. The Labute approximate surface area is 89.0 Å². The molecule has 0 aliphatic rings. The van der Waals surface area contributed by atoms with Crippen LogP contribution in [0.3, 0.4) is 0 Å². The lowest BCUT2D eigenvalue weighted by molar-refractivity contribution is -0.385. The molecule has 0 amide bonds. The number of nitro groups is 1. The SMILES string of the molecule is COCCCCc1ccccc1[N+](=O)[O-]. The van der Waals surface area contributed by atoms with Crippen molar-refractivity contribution in [2.45, 2.75) is 19.3 Å². The van der Waals surface area contributed by atoms with Crippen LogP contribution >= 0.6 is 0 Å². The van der Waals surface area contributed by atoms with Crippen LogP contribution in [0.4, 0.5) is 5.69 Å². The van der Waals surface area contributed by atoms with Crippen LogP contribution in [0.15, 0.2) is 24.3 Å². The summed E-state index contributed by atoms with van der Waals surface area (Å²) in [6.07, 6.45) is 2.59. The number of nitrogens with zero attached hydrogens (tertiary/aromatic N) is 1. The molecule has 1 rings (SSSR count). The van der Waals surface area contributed by atoms with Crippen LogP contribution in [0, 0.1) is 10.1 Å². The fourth-order valence-corrected chi connectivity index (χ4v) is 1.46. The zero-order valence-electron chi connectivity index (χ0n) is 8.81. The maximum absolute atomic E-state index is 10.7. The predicted molar refractivity (Wildman–Crippen MR) is 57.9 cm³/mol. The van der Waals surface area contributed by atoms with Crippen molar-refractivity contribution in [1.82, 2.24) is 0 Å². The van der Waals surface area contributed by atoms with Crippen LogP contribution < -0.4 is 0 Å². The molecule has 0 aliphatic heterocycles. The van der Waals surface area contributed by atoms with Gasteiger partial charge in [-0.15, -0.1) is 0 Å². The maximum Gasteiger partial charge on any atom is 0.272 e. The van der Waals surface area contributed by atoms with E-state index in [4.69, 9.17) is 4.74 Å². The lowest BCUT2D eigenvalue weighted by atomic mass is 10.1. The fraction of sp³-hybridized carbons (Fsp3) is 0.455. The number of methoxy groups -OCH3 is 1. The Bertz CT molecular complexity index is 325. The average Bonchev–Trinajstić information content (AvgIpc) is 2.25. The van der Waals surface area contributed by atoms with Gasteiger partial charge in [-0.3, -0.25) is 10.1 Å². The highest BCUT2D eigenvalue weighted by atomic mass is 16.6. The summed E-state index contributed by atoms with van der Waals surface area (Å²) >= 11 is 0. The van der Waals surface area contributed by atoms with E-state index in [0.717, 1.165) is 24.8 Å². The summed E-state index contributed by atoms with van der Waals surface area (Å²) in [4.78, 5) is 10.4. The number of hydrogen-bond donors (Lipinski definition) is 0. The predicted octanol–water partition coefficient (Wildman–Crippen LogP) is 2.56. The largest absolute Gasteiger partial charge is 0.385 e. The first-order chi connectivity index (χ1) is 7.25. The van der Waals surface area contributed by atoms with E-state index in [1.54, 1.807) is 19.2 Å². The number of nitro benzene ring substituents is 1. The van der Waals surface area contributed by atoms with Crippen molar-refractivity contribution < 1.29 is 9.66 Å². The molecule has 0 N–H and O–H groups in total. The molecule has 82 valence electrons. The van der Waals surface area contributed by atoms with Gasteiger partial charge in [-0.05, 0) is 19.3 Å². The van der Waals surface area contributed by atoms with E-state index in [2.05, 4.69) is 0 Å². The Morgan fingerprint density at radius 2 is 2.07 bits per heavy atom. The molecular formula is C11H15NO3. The summed E-state index contributed by atoms with van der Waals surface area (Å²) < 4.78 is 4.92. The number of aryl methyl sites for hydroxylation is 1. The normalized spacial score (nSPS) is 10.2. The van der Waals surface area contributed by atoms with E-state index in [1.807, 2.05) is 12.1 Å². The summed E-state index contributed by atoms with van der Waals surface area (Å²) in [6.45, 7) is 0.709. The molecule has 1 aromatic rings. The van der Waals surface area contributed by atoms with Crippen molar-refractivity contribution in [3.63, 3.8) is 0 Å². The molecule has 4 heteroatoms. The molecule has 0 saturated heterocycles. The molecule has 0 unspecified atom stereocenters. The fourth-order valence-electron chi connectivity index (χ4n) is 1.46. The van der Waals surface area contributed by atoms with Gasteiger partial charge < -0.3 is 4.74 Å². The van der Waals surface area contributed by atoms with Crippen molar-refractivity contribution in [3.8, 4) is 0 Å². The third-order valence-electron chi connectivity index (χ3n) is 2.23. The van der Waals surface area contributed by atoms with Crippen molar-refractivity contribution >= 4 is 5.69 Å². The number of benzene rings is 1. The molecule has 15 heavy (non-hydrogen) atoms. The second-order valence-electron chi connectivity index (χ2n) is 3.34. The van der Waals surface area contributed by atoms with Crippen LogP contribution in [-0.4, -0.2) is 18.6 Å². The van der Waals surface area contributed by atoms with Gasteiger partial charge in [0, 0.05) is 25.3 Å². The molecule has 0 saturated carbocycles. The lowest BCUT2D eigenvalue weighted by Crippen LogP contribution is -1.96. The lowest BCUT2D eigenvalue weighted by Gasteiger charge is -2.02. The zero-order chi connectivity index (χ0) is 11.1. The van der Waals surface area contributed by atoms with Crippen LogP contribution in [0.1, 0.15) is 18.4 Å². The quantitative estimate of drug-likeness (QED) is 0.411. The Morgan fingerprint density at radius 3 is 2.73 bits per heavy atom. The van der Waals surface area contributed by atoms with E-state index in [0.29, 0.717) is 6.61 Å². The van der Waals surface area contributed by atoms with Gasteiger partial charge in [-0.1, -0.05) is 18.2 Å². The monoisotopic (exact) mass is 209 g/mol. The summed E-state index contributed by atoms with van der Waals surface area (Å²) in [6, 6.07) is 6.88. The van der Waals surface area contributed by atoms with E-state index < -0.39 is 0 Å². The number of unbranched alkanes of at least 4 members (excludes halogenated alkanes) is 1. The van der Waals surface area contributed by atoms with Gasteiger partial charge >= 0.3 is 0 Å². The van der Waals surface area contributed by atoms with Gasteiger partial charge in [0.25, 0.3) is 5.69 Å². The smallest absolute Gasteiger partial charge is 0.272 e. The molecule has 0 aromatic heterocycles. The molecule has 0 radical (unpaired) electrons. The van der Waals surface area contributed by atoms with Crippen molar-refractivity contribution in [2.24, 2.45) is 0 Å². The Hall–Kier alpha value is -1.42. The highest BCUT2D eigenvalue weighted by Gasteiger charge is 2.10. The second kappa shape index (κ2) is 6.14. The van der Waals surface area contributed by atoms with Crippen LogP contribution in [-0.2, 0) is 11.2 Å². The molecular weight excluding hydrogens is 194 g/mol. The molecule has 0 bridgehead atoms. The van der Waals surface area contributed by atoms with Gasteiger partial charge in [-0.2, -0.15) is 0 Å². The number of rotatable bonds is 6. The van der Waals surface area contributed by atoms with Gasteiger partial charge in [0.1, 0.15) is 0 Å². The number of hydrogen-bond acceptors (Lipinski definition) is 3. The van der Waals surface area contributed by atoms with Crippen LogP contribution in [0.2, 0.25) is 0 Å². The van der Waals surface area contributed by atoms with Crippen molar-refractivity contribution in [3.05, 3.63) is 39.9 Å². The van der Waals surface area contributed by atoms with E-state index in [1.165, 1.54) is 0 Å². The van der Waals surface area contributed by atoms with Crippen LogP contribution in [0.25, 0.3) is 0 Å². The first kappa shape index (κ1) is 11.7. The molecule has 0 heterocycles. The molecule has 0 atom stereocenters. The standard InChI is InChI=1S/C11H15NO3/c1-15-9-5-4-7-10-6-2-3-8-11(10)12(13)14/h2-3,6,8H,4-5,7,9H2,1H3. The molecule has 1 aromatic carbocycles. The Kier molecular flexibility index (Phi) is 4.77. The van der Waals surface area contributed by atoms with Crippen molar-refractivity contribution in [1.29, 1.82) is 0 Å². The van der Waals surface area contributed by atoms with E-state index in [9.17, 15) is 10.1 Å². The first-order valence-corrected chi connectivity index (χ1v) is 4.97. The molecule has 4 nitrogen and oxygen atoms in total. The maximum atomic E-state index is 10.7. The highest BCUT2D eigenvalue weighted by Crippen LogP contribution is 2.19. The minimum Gasteiger partial charge on any atom is -0.385 e. The van der Waals surface area contributed by atoms with E-state index >= 15 is 0 Å². The topological polar surface area (TPSA) is 52.4 Å². The molecule has 0 spiro atoms. The van der Waals surface area contributed by atoms with E-state index in [-0.39, 0.29) is 10.6 Å². The minimum atomic E-state index is -0.328. The number of ether oxygens (including phenoxy) is 1. The third kappa shape index (κ3) is 3.67. The van der Waals surface area contributed by atoms with Crippen molar-refractivity contribution in [2.75, 3.05) is 13.7 Å². The summed E-state index contributed by atoms with van der Waals surface area (Å²) in [5.74, 6) is 0.